The van der Waals surface area contributed by atoms with E-state index in [4.69, 9.17) is 4.74 Å². The lowest BCUT2D eigenvalue weighted by Gasteiger charge is -2.39. The van der Waals surface area contributed by atoms with Gasteiger partial charge in [0.25, 0.3) is 5.91 Å². The highest BCUT2D eigenvalue weighted by Crippen LogP contribution is 2.30. The third kappa shape index (κ3) is 7.02. The van der Waals surface area contributed by atoms with Crippen molar-refractivity contribution in [2.24, 2.45) is 0 Å². The maximum atomic E-state index is 13.0. The number of ether oxygens (including phenoxy) is 1. The highest BCUT2D eigenvalue weighted by molar-refractivity contribution is 7.99. The Hall–Kier alpha value is -4.11. The predicted molar refractivity (Wildman–Crippen MR) is 166 cm³/mol. The first-order chi connectivity index (χ1) is 20.4. The fraction of sp³-hybridized carbons (Fsp3) is 0.333. The minimum atomic E-state index is -0.0585. The van der Waals surface area contributed by atoms with Crippen LogP contribution in [0.5, 0.6) is 5.75 Å². The van der Waals surface area contributed by atoms with E-state index in [9.17, 15) is 9.59 Å². The molecule has 1 aliphatic rings. The average Bonchev–Trinajstić information content (AvgIpc) is 3.42. The molecule has 8 nitrogen and oxygen atoms in total. The van der Waals surface area contributed by atoms with Crippen LogP contribution in [0.15, 0.2) is 84.0 Å². The van der Waals surface area contributed by atoms with E-state index in [0.717, 1.165) is 40.0 Å². The first kappa shape index (κ1) is 29.4. The van der Waals surface area contributed by atoms with Gasteiger partial charge in [0.05, 0.1) is 5.69 Å². The summed E-state index contributed by atoms with van der Waals surface area (Å²) in [6.45, 7) is 7.73. The van der Waals surface area contributed by atoms with Gasteiger partial charge in [0.1, 0.15) is 5.75 Å². The van der Waals surface area contributed by atoms with E-state index in [1.807, 2.05) is 59.2 Å². The summed E-state index contributed by atoms with van der Waals surface area (Å²) in [5, 5.41) is 9.91. The molecular weight excluding hydrogens is 546 g/mol. The van der Waals surface area contributed by atoms with Gasteiger partial charge >= 0.3 is 0 Å². The fourth-order valence-electron chi connectivity index (χ4n) is 5.13. The molecule has 2 amide bonds. The van der Waals surface area contributed by atoms with Crippen LogP contribution < -0.4 is 4.74 Å². The normalized spacial score (nSPS) is 15.1. The molecule has 0 N–H and O–H groups in total. The molecule has 9 heteroatoms. The molecule has 0 aliphatic carbocycles. The molecule has 2 heterocycles. The Morgan fingerprint density at radius 2 is 1.64 bits per heavy atom. The van der Waals surface area contributed by atoms with E-state index in [-0.39, 0.29) is 24.5 Å². The zero-order valence-corrected chi connectivity index (χ0v) is 25.2. The summed E-state index contributed by atoms with van der Waals surface area (Å²) in [5.74, 6) is 2.29. The molecule has 0 radical (unpaired) electrons. The number of nitrogens with zero attached hydrogens (tertiary/aromatic N) is 5. The van der Waals surface area contributed by atoms with Gasteiger partial charge in [-0.05, 0) is 51.0 Å². The van der Waals surface area contributed by atoms with Gasteiger partial charge in [-0.1, -0.05) is 78.0 Å². The highest BCUT2D eigenvalue weighted by atomic mass is 32.2. The maximum Gasteiger partial charge on any atom is 0.260 e. The standard InChI is InChI=1S/C33H37N5O3S/c1-24-15-17-27(18-16-24)32-34-35-33(38(32)29-13-8-7-10-25(29)2)42-21-9-14-30(39)36-19-20-37(26(3)22-36)31(40)23-41-28-11-5-4-6-12-28/h4-8,10-13,15-18,26H,9,14,19-23H2,1-3H3. The van der Waals surface area contributed by atoms with Crippen molar-refractivity contribution in [1.29, 1.82) is 0 Å². The molecule has 1 aromatic heterocycles. The topological polar surface area (TPSA) is 80.6 Å². The predicted octanol–water partition coefficient (Wildman–Crippen LogP) is 5.56. The van der Waals surface area contributed by atoms with Gasteiger partial charge in [-0.3, -0.25) is 14.2 Å². The van der Waals surface area contributed by atoms with Crippen LogP contribution in [-0.4, -0.2) is 74.4 Å². The SMILES string of the molecule is Cc1ccc(-c2nnc(SCCCC(=O)N3CCN(C(=O)COc4ccccc4)C(C)C3)n2-c2ccccc2C)cc1. The van der Waals surface area contributed by atoms with Gasteiger partial charge < -0.3 is 14.5 Å². The number of rotatable bonds is 10. The quantitative estimate of drug-likeness (QED) is 0.180. The Morgan fingerprint density at radius 1 is 0.905 bits per heavy atom. The molecule has 42 heavy (non-hydrogen) atoms. The van der Waals surface area contributed by atoms with E-state index < -0.39 is 0 Å². The second kappa shape index (κ2) is 13.7. The monoisotopic (exact) mass is 583 g/mol. The number of hydrogen-bond donors (Lipinski definition) is 0. The number of hydrogen-bond acceptors (Lipinski definition) is 6. The largest absolute Gasteiger partial charge is 0.484 e. The summed E-state index contributed by atoms with van der Waals surface area (Å²) in [4.78, 5) is 29.5. The fourth-order valence-corrected chi connectivity index (χ4v) is 6.01. The molecule has 0 saturated carbocycles. The smallest absolute Gasteiger partial charge is 0.260 e. The lowest BCUT2D eigenvalue weighted by Crippen LogP contribution is -2.56. The maximum absolute atomic E-state index is 13.0. The number of benzene rings is 3. The molecule has 5 rings (SSSR count). The number of aromatic nitrogens is 3. The molecule has 0 bridgehead atoms. The zero-order valence-electron chi connectivity index (χ0n) is 24.4. The van der Waals surface area contributed by atoms with E-state index >= 15 is 0 Å². The van der Waals surface area contributed by atoms with Crippen LogP contribution >= 0.6 is 11.8 Å². The van der Waals surface area contributed by atoms with Gasteiger partial charge in [0.2, 0.25) is 5.91 Å². The van der Waals surface area contributed by atoms with Crippen LogP contribution in [0, 0.1) is 13.8 Å². The Labute approximate surface area is 251 Å². The number of carbonyl (C=O) groups excluding carboxylic acids is 2. The van der Waals surface area contributed by atoms with E-state index in [2.05, 4.69) is 65.0 Å². The zero-order chi connectivity index (χ0) is 29.5. The molecular formula is C33H37N5O3S. The molecule has 1 aliphatic heterocycles. The molecule has 3 aromatic carbocycles. The molecule has 0 spiro atoms. The number of thioether (sulfide) groups is 1. The lowest BCUT2D eigenvalue weighted by atomic mass is 10.1. The van der Waals surface area contributed by atoms with Crippen molar-refractivity contribution < 1.29 is 14.3 Å². The molecule has 1 saturated heterocycles. The summed E-state index contributed by atoms with van der Waals surface area (Å²) >= 11 is 1.62. The van der Waals surface area contributed by atoms with Crippen molar-refractivity contribution >= 4 is 23.6 Å². The highest BCUT2D eigenvalue weighted by Gasteiger charge is 2.29. The minimum Gasteiger partial charge on any atom is -0.484 e. The van der Waals surface area contributed by atoms with E-state index in [0.29, 0.717) is 31.8 Å². The first-order valence-electron chi connectivity index (χ1n) is 14.4. The van der Waals surface area contributed by atoms with Crippen molar-refractivity contribution in [3.63, 3.8) is 0 Å². The third-order valence-corrected chi connectivity index (χ3v) is 8.49. The van der Waals surface area contributed by atoms with Gasteiger partial charge in [0.15, 0.2) is 17.6 Å². The lowest BCUT2D eigenvalue weighted by molar-refractivity contribution is -0.143. The number of amides is 2. The first-order valence-corrected chi connectivity index (χ1v) is 15.4. The molecule has 218 valence electrons. The summed E-state index contributed by atoms with van der Waals surface area (Å²) < 4.78 is 7.75. The van der Waals surface area contributed by atoms with Crippen LogP contribution in [0.4, 0.5) is 0 Å². The van der Waals surface area contributed by atoms with Crippen molar-refractivity contribution in [2.75, 3.05) is 32.0 Å². The second-order valence-electron chi connectivity index (χ2n) is 10.6. The van der Waals surface area contributed by atoms with Crippen LogP contribution in [0.25, 0.3) is 17.1 Å². The Bertz CT molecular complexity index is 1510. The second-order valence-corrected chi connectivity index (χ2v) is 11.7. The third-order valence-electron chi connectivity index (χ3n) is 7.47. The number of aryl methyl sites for hydroxylation is 2. The van der Waals surface area contributed by atoms with Crippen molar-refractivity contribution in [3.05, 3.63) is 90.0 Å². The minimum absolute atomic E-state index is 0.00171. The van der Waals surface area contributed by atoms with Crippen LogP contribution in [-0.2, 0) is 9.59 Å². The van der Waals surface area contributed by atoms with Gasteiger partial charge in [0, 0.05) is 43.4 Å². The van der Waals surface area contributed by atoms with Crippen molar-refractivity contribution in [2.45, 2.75) is 44.8 Å². The molecule has 4 aromatic rings. The summed E-state index contributed by atoms with van der Waals surface area (Å²) in [6.07, 6.45) is 1.18. The van der Waals surface area contributed by atoms with Gasteiger partial charge in [-0.25, -0.2) is 0 Å². The molecule has 1 unspecified atom stereocenters. The van der Waals surface area contributed by atoms with Crippen molar-refractivity contribution in [1.82, 2.24) is 24.6 Å². The Balaban J connectivity index is 1.14. The number of para-hydroxylation sites is 2. The van der Waals surface area contributed by atoms with Gasteiger partial charge in [-0.15, -0.1) is 10.2 Å². The molecule has 1 atom stereocenters. The van der Waals surface area contributed by atoms with Gasteiger partial charge in [-0.2, -0.15) is 0 Å². The molecule has 1 fully saturated rings. The Kier molecular flexibility index (Phi) is 9.59. The Morgan fingerprint density at radius 3 is 2.38 bits per heavy atom. The summed E-state index contributed by atoms with van der Waals surface area (Å²) in [7, 11) is 0. The number of carbonyl (C=O) groups is 2. The summed E-state index contributed by atoms with van der Waals surface area (Å²) in [5.41, 5.74) is 4.39. The van der Waals surface area contributed by atoms with Crippen LogP contribution in [0.2, 0.25) is 0 Å². The number of piperazine rings is 1. The van der Waals surface area contributed by atoms with Crippen LogP contribution in [0.3, 0.4) is 0 Å². The van der Waals surface area contributed by atoms with Crippen LogP contribution in [0.1, 0.15) is 30.9 Å². The van der Waals surface area contributed by atoms with E-state index in [1.165, 1.54) is 5.56 Å². The van der Waals surface area contributed by atoms with Crippen molar-refractivity contribution in [3.8, 4) is 22.8 Å². The average molecular weight is 584 g/mol. The summed E-state index contributed by atoms with van der Waals surface area (Å²) in [6, 6.07) is 25.8. The van der Waals surface area contributed by atoms with E-state index in [1.54, 1.807) is 11.8 Å².